The summed E-state index contributed by atoms with van der Waals surface area (Å²) in [5.41, 5.74) is 2.07. The van der Waals surface area contributed by atoms with Gasteiger partial charge in [0.25, 0.3) is 0 Å². The van der Waals surface area contributed by atoms with Gasteiger partial charge in [0.1, 0.15) is 5.25 Å². The van der Waals surface area contributed by atoms with Crippen LogP contribution in [0.5, 0.6) is 11.5 Å². The molecule has 4 nitrogen and oxygen atoms in total. The molecule has 0 saturated heterocycles. The van der Waals surface area contributed by atoms with Crippen LogP contribution in [0.3, 0.4) is 0 Å². The van der Waals surface area contributed by atoms with E-state index >= 15 is 0 Å². The highest BCUT2D eigenvalue weighted by Crippen LogP contribution is 2.35. The average molecular weight is 408 g/mol. The summed E-state index contributed by atoms with van der Waals surface area (Å²) in [7, 11) is 3.24. The zero-order chi connectivity index (χ0) is 20.5. The predicted molar refractivity (Wildman–Crippen MR) is 118 cm³/mol. The molecule has 0 radical (unpaired) electrons. The minimum absolute atomic E-state index is 0.00512. The summed E-state index contributed by atoms with van der Waals surface area (Å²) in [6, 6.07) is 25.7. The van der Waals surface area contributed by atoms with Gasteiger partial charge in [-0.3, -0.25) is 4.79 Å². The van der Waals surface area contributed by atoms with Crippen LogP contribution in [0, 0.1) is 0 Å². The first-order valence-electron chi connectivity index (χ1n) is 9.46. The maximum Gasteiger partial charge on any atom is 0.238 e. The summed E-state index contributed by atoms with van der Waals surface area (Å²) in [6.45, 7) is 0.549. The van der Waals surface area contributed by atoms with Gasteiger partial charge in [-0.1, -0.05) is 54.6 Å². The lowest BCUT2D eigenvalue weighted by Crippen LogP contribution is -2.29. The van der Waals surface area contributed by atoms with Crippen LogP contribution in [0.25, 0.3) is 0 Å². The molecule has 0 aromatic heterocycles. The largest absolute Gasteiger partial charge is 0.493 e. The number of hydrogen-bond acceptors (Lipinski definition) is 4. The summed E-state index contributed by atoms with van der Waals surface area (Å²) in [5.74, 6) is 1.40. The van der Waals surface area contributed by atoms with E-state index in [1.165, 1.54) is 0 Å². The molecule has 29 heavy (non-hydrogen) atoms. The van der Waals surface area contributed by atoms with E-state index in [-0.39, 0.29) is 11.2 Å². The van der Waals surface area contributed by atoms with Crippen molar-refractivity contribution in [2.75, 3.05) is 20.8 Å². The van der Waals surface area contributed by atoms with Crippen molar-refractivity contribution in [3.05, 3.63) is 90.0 Å². The predicted octanol–water partition coefficient (Wildman–Crippen LogP) is 4.90. The Kier molecular flexibility index (Phi) is 7.59. The summed E-state index contributed by atoms with van der Waals surface area (Å²) in [6.07, 6.45) is 0.712. The molecule has 1 N–H and O–H groups in total. The Morgan fingerprint density at radius 1 is 0.897 bits per heavy atom. The molecule has 3 aromatic rings. The van der Waals surface area contributed by atoms with E-state index in [0.29, 0.717) is 24.5 Å². The first kappa shape index (κ1) is 20.8. The molecular formula is C24H25NO3S. The van der Waals surface area contributed by atoms with Crippen molar-refractivity contribution in [3.8, 4) is 11.5 Å². The molecule has 0 heterocycles. The fraction of sp³-hybridized carbons (Fsp3) is 0.208. The number of methoxy groups -OCH3 is 2. The molecule has 3 aromatic carbocycles. The minimum Gasteiger partial charge on any atom is -0.493 e. The Balaban J connectivity index is 1.65. The molecule has 1 amide bonds. The Morgan fingerprint density at radius 3 is 2.21 bits per heavy atom. The van der Waals surface area contributed by atoms with Gasteiger partial charge in [0.2, 0.25) is 5.91 Å². The van der Waals surface area contributed by atoms with Gasteiger partial charge in [0, 0.05) is 11.4 Å². The lowest BCUT2D eigenvalue weighted by molar-refractivity contribution is -0.120. The lowest BCUT2D eigenvalue weighted by atomic mass is 10.1. The number of amides is 1. The van der Waals surface area contributed by atoms with Gasteiger partial charge in [-0.05, 0) is 41.8 Å². The Morgan fingerprint density at radius 2 is 1.55 bits per heavy atom. The van der Waals surface area contributed by atoms with E-state index in [0.717, 1.165) is 16.0 Å². The van der Waals surface area contributed by atoms with Crippen molar-refractivity contribution < 1.29 is 14.3 Å². The summed E-state index contributed by atoms with van der Waals surface area (Å²) in [4.78, 5) is 14.1. The Hall–Kier alpha value is -2.92. The normalized spacial score (nSPS) is 11.5. The fourth-order valence-corrected chi connectivity index (χ4v) is 4.06. The van der Waals surface area contributed by atoms with E-state index in [1.807, 2.05) is 78.9 Å². The Labute approximate surface area is 176 Å². The number of carbonyl (C=O) groups excluding carboxylic acids is 1. The van der Waals surface area contributed by atoms with Crippen LogP contribution in [0.2, 0.25) is 0 Å². The van der Waals surface area contributed by atoms with Crippen LogP contribution in [0.4, 0.5) is 0 Å². The zero-order valence-corrected chi connectivity index (χ0v) is 17.4. The molecule has 0 bridgehead atoms. The van der Waals surface area contributed by atoms with Gasteiger partial charge in [0.05, 0.1) is 14.2 Å². The van der Waals surface area contributed by atoms with Crippen molar-refractivity contribution in [2.45, 2.75) is 16.6 Å². The van der Waals surface area contributed by atoms with E-state index in [9.17, 15) is 4.79 Å². The van der Waals surface area contributed by atoms with Crippen LogP contribution in [0.1, 0.15) is 16.4 Å². The third-order valence-electron chi connectivity index (χ3n) is 4.50. The highest BCUT2D eigenvalue weighted by atomic mass is 32.2. The third kappa shape index (κ3) is 5.78. The molecule has 5 heteroatoms. The SMILES string of the molecule is COc1ccc(CCNC(=O)[C@@H](Sc2ccccc2)c2ccccc2)cc1OC. The lowest BCUT2D eigenvalue weighted by Gasteiger charge is -2.17. The van der Waals surface area contributed by atoms with Crippen molar-refractivity contribution in [1.82, 2.24) is 5.32 Å². The number of nitrogens with one attached hydrogen (secondary N) is 1. The van der Waals surface area contributed by atoms with Gasteiger partial charge in [-0.15, -0.1) is 11.8 Å². The molecule has 3 rings (SSSR count). The number of ether oxygens (including phenoxy) is 2. The van der Waals surface area contributed by atoms with E-state index in [2.05, 4.69) is 5.32 Å². The second-order valence-electron chi connectivity index (χ2n) is 6.45. The molecule has 0 aliphatic carbocycles. The average Bonchev–Trinajstić information content (AvgIpc) is 2.78. The second-order valence-corrected chi connectivity index (χ2v) is 7.63. The number of benzene rings is 3. The van der Waals surface area contributed by atoms with Crippen LogP contribution in [0.15, 0.2) is 83.8 Å². The molecule has 1 atom stereocenters. The van der Waals surface area contributed by atoms with Gasteiger partial charge in [-0.25, -0.2) is 0 Å². The van der Waals surface area contributed by atoms with Crippen molar-refractivity contribution >= 4 is 17.7 Å². The zero-order valence-electron chi connectivity index (χ0n) is 16.6. The van der Waals surface area contributed by atoms with Crippen LogP contribution >= 0.6 is 11.8 Å². The molecular weight excluding hydrogens is 382 g/mol. The number of carbonyl (C=O) groups is 1. The molecule has 0 saturated carbocycles. The van der Waals surface area contributed by atoms with Gasteiger partial charge in [-0.2, -0.15) is 0 Å². The standard InChI is InChI=1S/C24H25NO3S/c1-27-21-14-13-18(17-22(21)28-2)15-16-25-24(26)23(19-9-5-3-6-10-19)29-20-11-7-4-8-12-20/h3-14,17,23H,15-16H2,1-2H3,(H,25,26)/t23-/m0/s1. The van der Waals surface area contributed by atoms with Gasteiger partial charge >= 0.3 is 0 Å². The molecule has 0 unspecified atom stereocenters. The molecule has 0 spiro atoms. The van der Waals surface area contributed by atoms with Crippen molar-refractivity contribution in [2.24, 2.45) is 0 Å². The van der Waals surface area contributed by atoms with Crippen LogP contribution < -0.4 is 14.8 Å². The summed E-state index contributed by atoms with van der Waals surface area (Å²) in [5, 5.41) is 2.78. The monoisotopic (exact) mass is 407 g/mol. The van der Waals surface area contributed by atoms with Gasteiger partial charge < -0.3 is 14.8 Å². The van der Waals surface area contributed by atoms with Crippen molar-refractivity contribution in [1.29, 1.82) is 0 Å². The Bertz CT molecular complexity index is 916. The van der Waals surface area contributed by atoms with Crippen LogP contribution in [-0.4, -0.2) is 26.7 Å². The first-order valence-corrected chi connectivity index (χ1v) is 10.3. The smallest absolute Gasteiger partial charge is 0.238 e. The minimum atomic E-state index is -0.302. The number of hydrogen-bond donors (Lipinski definition) is 1. The highest BCUT2D eigenvalue weighted by Gasteiger charge is 2.21. The first-order chi connectivity index (χ1) is 14.2. The molecule has 0 aliphatic rings. The third-order valence-corrected chi connectivity index (χ3v) is 5.76. The topological polar surface area (TPSA) is 47.6 Å². The highest BCUT2D eigenvalue weighted by molar-refractivity contribution is 8.00. The summed E-state index contributed by atoms with van der Waals surface area (Å²) < 4.78 is 10.6. The van der Waals surface area contributed by atoms with Crippen molar-refractivity contribution in [3.63, 3.8) is 0 Å². The molecule has 150 valence electrons. The van der Waals surface area contributed by atoms with E-state index < -0.39 is 0 Å². The van der Waals surface area contributed by atoms with Crippen LogP contribution in [-0.2, 0) is 11.2 Å². The fourth-order valence-electron chi connectivity index (χ4n) is 2.99. The van der Waals surface area contributed by atoms with E-state index in [1.54, 1.807) is 26.0 Å². The van der Waals surface area contributed by atoms with E-state index in [4.69, 9.17) is 9.47 Å². The quantitative estimate of drug-likeness (QED) is 0.513. The molecule has 0 fully saturated rings. The second kappa shape index (κ2) is 10.6. The van der Waals surface area contributed by atoms with Gasteiger partial charge in [0.15, 0.2) is 11.5 Å². The number of thioether (sulfide) groups is 1. The molecule has 0 aliphatic heterocycles. The number of rotatable bonds is 9. The maximum atomic E-state index is 13.0. The summed E-state index contributed by atoms with van der Waals surface area (Å²) >= 11 is 1.56. The maximum absolute atomic E-state index is 13.0.